The molecule has 0 aromatic carbocycles. The molecule has 1 saturated carbocycles. The van der Waals surface area contributed by atoms with Crippen LogP contribution in [0.5, 0.6) is 0 Å². The maximum atomic E-state index is 11.3. The van der Waals surface area contributed by atoms with Crippen molar-refractivity contribution in [3.05, 3.63) is 10.5 Å². The Kier molecular flexibility index (Phi) is 4.32. The number of hydrogen-bond donors (Lipinski definition) is 2. The Morgan fingerprint density at radius 3 is 3.11 bits per heavy atom. The Labute approximate surface area is 116 Å². The van der Waals surface area contributed by atoms with Crippen LogP contribution in [0.4, 0.5) is 0 Å². The first-order valence-electron chi connectivity index (χ1n) is 6.54. The number of nitrogens with one attached hydrogen (secondary N) is 2. The van der Waals surface area contributed by atoms with Crippen LogP contribution < -0.4 is 11.0 Å². The Balaban J connectivity index is 2.00. The van der Waals surface area contributed by atoms with Crippen LogP contribution in [0.1, 0.15) is 32.6 Å². The van der Waals surface area contributed by atoms with E-state index in [1.165, 1.54) is 4.57 Å². The number of hydrogen-bond acceptors (Lipinski definition) is 5. The number of rotatable bonds is 5. The summed E-state index contributed by atoms with van der Waals surface area (Å²) in [6.45, 7) is 2.96. The molecule has 2 atom stereocenters. The van der Waals surface area contributed by atoms with Crippen molar-refractivity contribution >= 4 is 11.8 Å². The van der Waals surface area contributed by atoms with Crippen molar-refractivity contribution in [3.8, 4) is 6.07 Å². The van der Waals surface area contributed by atoms with E-state index in [0.29, 0.717) is 10.4 Å². The summed E-state index contributed by atoms with van der Waals surface area (Å²) in [6, 6.07) is 2.43. The number of H-pyrrole nitrogens is 1. The van der Waals surface area contributed by atoms with Crippen molar-refractivity contribution in [1.82, 2.24) is 20.1 Å². The molecule has 2 unspecified atom stereocenters. The maximum Gasteiger partial charge on any atom is 0.343 e. The second kappa shape index (κ2) is 5.80. The van der Waals surface area contributed by atoms with Crippen molar-refractivity contribution in [3.63, 3.8) is 0 Å². The molecule has 104 valence electrons. The Morgan fingerprint density at radius 1 is 1.74 bits per heavy atom. The van der Waals surface area contributed by atoms with Gasteiger partial charge in [-0.05, 0) is 32.2 Å². The second-order valence-electron chi connectivity index (χ2n) is 4.97. The van der Waals surface area contributed by atoms with E-state index in [1.54, 1.807) is 18.8 Å². The normalized spacial score (nSPS) is 26.5. The van der Waals surface area contributed by atoms with E-state index in [0.717, 1.165) is 32.2 Å². The quantitative estimate of drug-likeness (QED) is 0.841. The van der Waals surface area contributed by atoms with Crippen LogP contribution in [0.3, 0.4) is 0 Å². The molecule has 1 fully saturated rings. The van der Waals surface area contributed by atoms with Crippen LogP contribution in [0.25, 0.3) is 0 Å². The standard InChI is InChI=1S/C12H19N5OS/c1-3-6-14-12(8-13)5-4-9(7-12)19-11-16-15-10(18)17(11)2/h9,14H,3-7H2,1-2H3,(H,15,18). The molecule has 7 heteroatoms. The van der Waals surface area contributed by atoms with Crippen molar-refractivity contribution in [2.24, 2.45) is 7.05 Å². The third kappa shape index (κ3) is 3.01. The van der Waals surface area contributed by atoms with Crippen molar-refractivity contribution in [1.29, 1.82) is 5.26 Å². The number of aromatic nitrogens is 3. The first kappa shape index (κ1) is 14.2. The van der Waals surface area contributed by atoms with Crippen molar-refractivity contribution in [2.45, 2.75) is 48.6 Å². The molecule has 1 heterocycles. The van der Waals surface area contributed by atoms with Gasteiger partial charge in [0, 0.05) is 12.3 Å². The highest BCUT2D eigenvalue weighted by atomic mass is 32.2. The lowest BCUT2D eigenvalue weighted by molar-refractivity contribution is 0.424. The molecular formula is C12H19N5OS. The summed E-state index contributed by atoms with van der Waals surface area (Å²) in [5.74, 6) is 0. The highest BCUT2D eigenvalue weighted by molar-refractivity contribution is 7.99. The van der Waals surface area contributed by atoms with Crippen LogP contribution >= 0.6 is 11.8 Å². The molecular weight excluding hydrogens is 262 g/mol. The number of nitriles is 1. The van der Waals surface area contributed by atoms with Crippen molar-refractivity contribution < 1.29 is 0 Å². The molecule has 2 rings (SSSR count). The minimum atomic E-state index is -0.400. The highest BCUT2D eigenvalue weighted by Crippen LogP contribution is 2.39. The molecule has 6 nitrogen and oxygen atoms in total. The van der Waals surface area contributed by atoms with Gasteiger partial charge >= 0.3 is 5.69 Å². The summed E-state index contributed by atoms with van der Waals surface area (Å²) >= 11 is 1.58. The summed E-state index contributed by atoms with van der Waals surface area (Å²) in [4.78, 5) is 11.3. The summed E-state index contributed by atoms with van der Waals surface area (Å²) < 4.78 is 1.51. The van der Waals surface area contributed by atoms with Crippen LogP contribution in [0.15, 0.2) is 9.95 Å². The van der Waals surface area contributed by atoms with Gasteiger partial charge in [0.15, 0.2) is 5.16 Å². The fourth-order valence-corrected chi connectivity index (χ4v) is 3.59. The van der Waals surface area contributed by atoms with Gasteiger partial charge in [0.2, 0.25) is 0 Å². The minimum Gasteiger partial charge on any atom is -0.299 e. The Morgan fingerprint density at radius 2 is 2.53 bits per heavy atom. The number of aromatic amines is 1. The van der Waals surface area contributed by atoms with E-state index in [1.807, 2.05) is 0 Å². The van der Waals surface area contributed by atoms with Gasteiger partial charge in [0.05, 0.1) is 6.07 Å². The SMILES string of the molecule is CCCNC1(C#N)CCC(Sc2n[nH]c(=O)n2C)C1. The van der Waals surface area contributed by atoms with Gasteiger partial charge in [-0.3, -0.25) is 9.88 Å². The first-order chi connectivity index (χ1) is 9.10. The molecule has 0 bridgehead atoms. The lowest BCUT2D eigenvalue weighted by atomic mass is 10.00. The zero-order chi connectivity index (χ0) is 13.9. The van der Waals surface area contributed by atoms with Crippen LogP contribution in [-0.2, 0) is 7.05 Å². The molecule has 2 N–H and O–H groups in total. The topological polar surface area (TPSA) is 86.5 Å². The zero-order valence-electron chi connectivity index (χ0n) is 11.3. The fraction of sp³-hybridized carbons (Fsp3) is 0.750. The smallest absolute Gasteiger partial charge is 0.299 e. The fourth-order valence-electron chi connectivity index (χ4n) is 2.35. The van der Waals surface area contributed by atoms with Gasteiger partial charge in [-0.15, -0.1) is 5.10 Å². The monoisotopic (exact) mass is 281 g/mol. The first-order valence-corrected chi connectivity index (χ1v) is 7.42. The average molecular weight is 281 g/mol. The summed E-state index contributed by atoms with van der Waals surface area (Å²) in [7, 11) is 1.70. The summed E-state index contributed by atoms with van der Waals surface area (Å²) in [5.41, 5.74) is -0.598. The lowest BCUT2D eigenvalue weighted by Crippen LogP contribution is -2.42. The van der Waals surface area contributed by atoms with Gasteiger partial charge in [-0.25, -0.2) is 9.89 Å². The molecule has 1 aliphatic carbocycles. The predicted molar refractivity (Wildman–Crippen MR) is 74.0 cm³/mol. The van der Waals surface area contributed by atoms with Gasteiger partial charge < -0.3 is 0 Å². The third-order valence-electron chi connectivity index (χ3n) is 3.51. The molecule has 19 heavy (non-hydrogen) atoms. The minimum absolute atomic E-state index is 0.198. The van der Waals surface area contributed by atoms with Crippen LogP contribution in [-0.4, -0.2) is 32.1 Å². The molecule has 0 radical (unpaired) electrons. The number of nitrogens with zero attached hydrogens (tertiary/aromatic N) is 3. The van der Waals surface area contributed by atoms with E-state index in [4.69, 9.17) is 0 Å². The second-order valence-corrected chi connectivity index (χ2v) is 6.24. The number of thioether (sulfide) groups is 1. The van der Waals surface area contributed by atoms with Gasteiger partial charge in [0.25, 0.3) is 0 Å². The van der Waals surface area contributed by atoms with E-state index >= 15 is 0 Å². The lowest BCUT2D eigenvalue weighted by Gasteiger charge is -2.22. The van der Waals surface area contributed by atoms with Crippen LogP contribution in [0, 0.1) is 11.3 Å². The van der Waals surface area contributed by atoms with E-state index in [-0.39, 0.29) is 5.69 Å². The highest BCUT2D eigenvalue weighted by Gasteiger charge is 2.39. The molecule has 1 aliphatic rings. The van der Waals surface area contributed by atoms with Gasteiger partial charge in [-0.2, -0.15) is 5.26 Å². The molecule has 0 aliphatic heterocycles. The molecule has 1 aromatic heterocycles. The van der Waals surface area contributed by atoms with E-state index in [9.17, 15) is 10.1 Å². The largest absolute Gasteiger partial charge is 0.343 e. The molecule has 1 aromatic rings. The zero-order valence-corrected chi connectivity index (χ0v) is 12.1. The van der Waals surface area contributed by atoms with Crippen molar-refractivity contribution in [2.75, 3.05) is 6.54 Å². The van der Waals surface area contributed by atoms with Gasteiger partial charge in [0.1, 0.15) is 5.54 Å². The Bertz CT molecular complexity index is 531. The average Bonchev–Trinajstić information content (AvgIpc) is 2.96. The van der Waals surface area contributed by atoms with E-state index in [2.05, 4.69) is 28.5 Å². The summed E-state index contributed by atoms with van der Waals surface area (Å²) in [5, 5.41) is 20.2. The van der Waals surface area contributed by atoms with E-state index < -0.39 is 5.54 Å². The third-order valence-corrected chi connectivity index (χ3v) is 4.82. The predicted octanol–water partition coefficient (Wildman–Crippen LogP) is 1.01. The summed E-state index contributed by atoms with van der Waals surface area (Å²) in [6.07, 6.45) is 3.65. The maximum absolute atomic E-state index is 11.3. The molecule has 0 amide bonds. The van der Waals surface area contributed by atoms with Crippen LogP contribution in [0.2, 0.25) is 0 Å². The molecule has 0 spiro atoms. The Hall–Kier alpha value is -1.26. The molecule has 0 saturated heterocycles. The van der Waals surface area contributed by atoms with Gasteiger partial charge in [-0.1, -0.05) is 18.7 Å².